The normalized spacial score (nSPS) is 7.27. The summed E-state index contributed by atoms with van der Waals surface area (Å²) in [5.74, 6) is 0.823. The maximum atomic E-state index is 8.52. The van der Waals surface area contributed by atoms with Gasteiger partial charge in [-0.2, -0.15) is 5.26 Å². The number of nitrogens with zero attached hydrogens (tertiary/aromatic N) is 2. The molecular formula is C12H21N3. The minimum absolute atomic E-state index is 0.599. The van der Waals surface area contributed by atoms with E-state index in [-0.39, 0.29) is 0 Å². The van der Waals surface area contributed by atoms with Crippen molar-refractivity contribution in [2.75, 3.05) is 12.4 Å². The number of aromatic nitrogens is 1. The van der Waals surface area contributed by atoms with Crippen molar-refractivity contribution in [2.24, 2.45) is 0 Å². The minimum Gasteiger partial charge on any atom is -0.373 e. The van der Waals surface area contributed by atoms with Gasteiger partial charge >= 0.3 is 0 Å². The van der Waals surface area contributed by atoms with Crippen LogP contribution in [-0.4, -0.2) is 12.0 Å². The van der Waals surface area contributed by atoms with Gasteiger partial charge in [0.05, 0.1) is 5.56 Å². The number of pyridine rings is 1. The summed E-state index contributed by atoms with van der Waals surface area (Å²) in [7, 11) is 1.81. The molecule has 0 amide bonds. The van der Waals surface area contributed by atoms with E-state index in [1.165, 1.54) is 0 Å². The van der Waals surface area contributed by atoms with Crippen molar-refractivity contribution in [1.29, 1.82) is 5.26 Å². The first-order valence-electron chi connectivity index (χ1n) is 5.32. The molecule has 0 aliphatic carbocycles. The molecule has 0 unspecified atom stereocenters. The molecule has 0 saturated heterocycles. The van der Waals surface area contributed by atoms with Gasteiger partial charge in [-0.15, -0.1) is 0 Å². The zero-order chi connectivity index (χ0) is 12.3. The molecule has 0 aliphatic heterocycles. The smallest absolute Gasteiger partial charge is 0.128 e. The highest BCUT2D eigenvalue weighted by Gasteiger charge is 1.97. The van der Waals surface area contributed by atoms with Gasteiger partial charge in [-0.25, -0.2) is 4.98 Å². The molecule has 0 aliphatic rings. The standard InChI is InChI=1S/C8H9N3.2C2H6/c1-6-3-7(4-9)5-11-8(6)10-2;2*1-2/h3,5H,1-2H3,(H,10,11);2*1-2H3. The van der Waals surface area contributed by atoms with Gasteiger partial charge in [-0.3, -0.25) is 0 Å². The quantitative estimate of drug-likeness (QED) is 0.768. The van der Waals surface area contributed by atoms with Crippen LogP contribution in [0, 0.1) is 18.3 Å². The third-order valence-electron chi connectivity index (χ3n) is 1.44. The average molecular weight is 207 g/mol. The Morgan fingerprint density at radius 2 is 1.80 bits per heavy atom. The van der Waals surface area contributed by atoms with E-state index in [4.69, 9.17) is 5.26 Å². The molecule has 1 aromatic heterocycles. The van der Waals surface area contributed by atoms with Crippen LogP contribution in [0.2, 0.25) is 0 Å². The van der Waals surface area contributed by atoms with Crippen molar-refractivity contribution in [2.45, 2.75) is 34.6 Å². The first-order chi connectivity index (χ1) is 7.27. The number of hydrogen-bond donors (Lipinski definition) is 1. The van der Waals surface area contributed by atoms with Crippen LogP contribution in [-0.2, 0) is 0 Å². The Bertz CT molecular complexity index is 300. The summed E-state index contributed by atoms with van der Waals surface area (Å²) < 4.78 is 0. The summed E-state index contributed by atoms with van der Waals surface area (Å²) in [6, 6.07) is 3.83. The van der Waals surface area contributed by atoms with E-state index in [1.807, 2.05) is 40.7 Å². The van der Waals surface area contributed by atoms with Crippen molar-refractivity contribution in [3.63, 3.8) is 0 Å². The van der Waals surface area contributed by atoms with E-state index in [2.05, 4.69) is 10.3 Å². The van der Waals surface area contributed by atoms with E-state index in [9.17, 15) is 0 Å². The minimum atomic E-state index is 0.599. The summed E-state index contributed by atoms with van der Waals surface area (Å²) >= 11 is 0. The molecule has 1 rings (SSSR count). The number of anilines is 1. The lowest BCUT2D eigenvalue weighted by Crippen LogP contribution is -1.95. The maximum absolute atomic E-state index is 8.52. The predicted molar refractivity (Wildman–Crippen MR) is 65.9 cm³/mol. The number of aryl methyl sites for hydroxylation is 1. The number of nitriles is 1. The van der Waals surface area contributed by atoms with Crippen LogP contribution in [0.5, 0.6) is 0 Å². The van der Waals surface area contributed by atoms with Gasteiger partial charge in [0.1, 0.15) is 11.9 Å². The Labute approximate surface area is 93.2 Å². The molecular weight excluding hydrogens is 186 g/mol. The largest absolute Gasteiger partial charge is 0.373 e. The Hall–Kier alpha value is -1.56. The van der Waals surface area contributed by atoms with Crippen LogP contribution in [0.3, 0.4) is 0 Å². The Morgan fingerprint density at radius 1 is 1.27 bits per heavy atom. The lowest BCUT2D eigenvalue weighted by atomic mass is 10.2. The van der Waals surface area contributed by atoms with E-state index in [1.54, 1.807) is 19.3 Å². The average Bonchev–Trinajstić information content (AvgIpc) is 2.34. The molecule has 1 N–H and O–H groups in total. The topological polar surface area (TPSA) is 48.7 Å². The van der Waals surface area contributed by atoms with Crippen LogP contribution in [0.25, 0.3) is 0 Å². The zero-order valence-electron chi connectivity index (χ0n) is 10.5. The first-order valence-corrected chi connectivity index (χ1v) is 5.32. The Kier molecular flexibility index (Phi) is 11.1. The van der Waals surface area contributed by atoms with Gasteiger partial charge in [0.2, 0.25) is 0 Å². The monoisotopic (exact) mass is 207 g/mol. The van der Waals surface area contributed by atoms with Crippen LogP contribution in [0.1, 0.15) is 38.8 Å². The Morgan fingerprint density at radius 3 is 2.13 bits per heavy atom. The SMILES string of the molecule is CC.CC.CNc1ncc(C#N)cc1C. The lowest BCUT2D eigenvalue weighted by molar-refractivity contribution is 1.22. The molecule has 0 radical (unpaired) electrons. The van der Waals surface area contributed by atoms with Crippen molar-refractivity contribution in [1.82, 2.24) is 4.98 Å². The van der Waals surface area contributed by atoms with E-state index < -0.39 is 0 Å². The van der Waals surface area contributed by atoms with Crippen molar-refractivity contribution in [3.8, 4) is 6.07 Å². The summed E-state index contributed by atoms with van der Waals surface area (Å²) in [5, 5.41) is 11.4. The molecule has 3 nitrogen and oxygen atoms in total. The molecule has 1 aromatic rings. The summed E-state index contributed by atoms with van der Waals surface area (Å²) in [5.41, 5.74) is 1.59. The number of rotatable bonds is 1. The van der Waals surface area contributed by atoms with Crippen LogP contribution >= 0.6 is 0 Å². The third kappa shape index (κ3) is 5.69. The molecule has 0 atom stereocenters. The summed E-state index contributed by atoms with van der Waals surface area (Å²) in [4.78, 5) is 4.03. The van der Waals surface area contributed by atoms with Crippen molar-refractivity contribution in [3.05, 3.63) is 23.4 Å². The summed E-state index contributed by atoms with van der Waals surface area (Å²) in [6.07, 6.45) is 1.55. The van der Waals surface area contributed by atoms with Crippen LogP contribution in [0.15, 0.2) is 12.3 Å². The molecule has 1 heterocycles. The lowest BCUT2D eigenvalue weighted by Gasteiger charge is -2.01. The molecule has 84 valence electrons. The molecule has 0 bridgehead atoms. The molecule has 3 heteroatoms. The third-order valence-corrected chi connectivity index (χ3v) is 1.44. The fourth-order valence-electron chi connectivity index (χ4n) is 0.898. The van der Waals surface area contributed by atoms with E-state index >= 15 is 0 Å². The molecule has 0 spiro atoms. The Balaban J connectivity index is 0. The second kappa shape index (κ2) is 10.5. The molecule has 0 fully saturated rings. The highest BCUT2D eigenvalue weighted by molar-refractivity contribution is 5.46. The van der Waals surface area contributed by atoms with E-state index in [0.717, 1.165) is 11.4 Å². The molecule has 0 saturated carbocycles. The fourth-order valence-corrected chi connectivity index (χ4v) is 0.898. The van der Waals surface area contributed by atoms with Gasteiger partial charge in [0.25, 0.3) is 0 Å². The van der Waals surface area contributed by atoms with Crippen molar-refractivity contribution >= 4 is 5.82 Å². The highest BCUT2D eigenvalue weighted by atomic mass is 15.0. The van der Waals surface area contributed by atoms with E-state index in [0.29, 0.717) is 5.56 Å². The highest BCUT2D eigenvalue weighted by Crippen LogP contribution is 2.10. The fraction of sp³-hybridized carbons (Fsp3) is 0.500. The van der Waals surface area contributed by atoms with Crippen LogP contribution in [0.4, 0.5) is 5.82 Å². The van der Waals surface area contributed by atoms with Gasteiger partial charge in [0.15, 0.2) is 0 Å². The van der Waals surface area contributed by atoms with Gasteiger partial charge in [0, 0.05) is 13.2 Å². The second-order valence-corrected chi connectivity index (χ2v) is 2.25. The van der Waals surface area contributed by atoms with Gasteiger partial charge in [-0.05, 0) is 18.6 Å². The van der Waals surface area contributed by atoms with Gasteiger partial charge < -0.3 is 5.32 Å². The predicted octanol–water partition coefficient (Wildman–Crippen LogP) is 3.36. The van der Waals surface area contributed by atoms with Crippen molar-refractivity contribution < 1.29 is 0 Å². The number of hydrogen-bond acceptors (Lipinski definition) is 3. The first kappa shape index (κ1) is 15.9. The molecule has 0 aromatic carbocycles. The second-order valence-electron chi connectivity index (χ2n) is 2.25. The molecule has 15 heavy (non-hydrogen) atoms. The maximum Gasteiger partial charge on any atom is 0.128 e. The summed E-state index contributed by atoms with van der Waals surface area (Å²) in [6.45, 7) is 9.92. The number of nitrogens with one attached hydrogen (secondary N) is 1. The van der Waals surface area contributed by atoms with Gasteiger partial charge in [-0.1, -0.05) is 27.7 Å². The zero-order valence-corrected chi connectivity index (χ0v) is 10.5. The van der Waals surface area contributed by atoms with Crippen LogP contribution < -0.4 is 5.32 Å².